The molecular formula is C22H31N3O3. The van der Waals surface area contributed by atoms with Gasteiger partial charge >= 0.3 is 0 Å². The molecule has 6 heteroatoms. The highest BCUT2D eigenvalue weighted by atomic mass is 16.5. The summed E-state index contributed by atoms with van der Waals surface area (Å²) in [5.41, 5.74) is 7.33. The van der Waals surface area contributed by atoms with Crippen LogP contribution in [-0.2, 0) is 15.1 Å². The fraction of sp³-hybridized carbons (Fsp3) is 0.545. The summed E-state index contributed by atoms with van der Waals surface area (Å²) < 4.78 is 11.7. The Morgan fingerprint density at radius 3 is 2.96 bits per heavy atom. The number of aromatic nitrogens is 1. The number of carbonyl (C=O) groups is 1. The van der Waals surface area contributed by atoms with E-state index < -0.39 is 11.5 Å². The number of nitrogens with two attached hydrogens (primary N) is 1. The summed E-state index contributed by atoms with van der Waals surface area (Å²) in [6.45, 7) is 5.15. The third kappa shape index (κ3) is 3.78. The van der Waals surface area contributed by atoms with Crippen LogP contribution >= 0.6 is 0 Å². The van der Waals surface area contributed by atoms with Crippen LogP contribution in [0.4, 0.5) is 0 Å². The number of ether oxygens (including phenoxy) is 2. The van der Waals surface area contributed by atoms with Crippen molar-refractivity contribution in [2.45, 2.75) is 51.2 Å². The maximum absolute atomic E-state index is 11.6. The van der Waals surface area contributed by atoms with Crippen molar-refractivity contribution in [1.82, 2.24) is 9.88 Å². The monoisotopic (exact) mass is 385 g/mol. The Kier molecular flexibility index (Phi) is 6.08. The van der Waals surface area contributed by atoms with Gasteiger partial charge in [0, 0.05) is 44.9 Å². The molecule has 28 heavy (non-hydrogen) atoms. The molecule has 152 valence electrons. The van der Waals surface area contributed by atoms with E-state index >= 15 is 0 Å². The number of amides is 1. The van der Waals surface area contributed by atoms with Gasteiger partial charge in [-0.3, -0.25) is 9.78 Å². The molecule has 3 unspecified atom stereocenters. The Morgan fingerprint density at radius 2 is 2.36 bits per heavy atom. The van der Waals surface area contributed by atoms with Gasteiger partial charge in [0.15, 0.2) is 0 Å². The molecule has 3 rings (SSSR count). The van der Waals surface area contributed by atoms with Crippen molar-refractivity contribution < 1.29 is 14.3 Å². The number of hydrogen-bond acceptors (Lipinski definition) is 5. The number of carbonyl (C=O) groups excluding carboxylic acids is 1. The Morgan fingerprint density at radius 1 is 1.57 bits per heavy atom. The highest BCUT2D eigenvalue weighted by Crippen LogP contribution is 2.62. The molecule has 1 aromatic rings. The number of rotatable bonds is 8. The summed E-state index contributed by atoms with van der Waals surface area (Å²) in [5, 5.41) is 0. The SMILES string of the molecule is CCCC1/C(=C\N(C)C(C)/C=C2/CCCO2)C1(OC)c1ccnc(C(N)=O)c1. The second kappa shape index (κ2) is 8.35. The highest BCUT2D eigenvalue weighted by Gasteiger charge is 2.61. The summed E-state index contributed by atoms with van der Waals surface area (Å²) in [7, 11) is 3.80. The molecule has 2 aliphatic rings. The van der Waals surface area contributed by atoms with Gasteiger partial charge in [0.05, 0.1) is 12.4 Å². The second-order valence-corrected chi connectivity index (χ2v) is 7.65. The summed E-state index contributed by atoms with van der Waals surface area (Å²) in [6.07, 6.45) is 10.2. The van der Waals surface area contributed by atoms with E-state index in [1.54, 1.807) is 19.4 Å². The molecule has 6 nitrogen and oxygen atoms in total. The first kappa shape index (κ1) is 20.4. The van der Waals surface area contributed by atoms with Gasteiger partial charge in [-0.05, 0) is 49.1 Å². The minimum Gasteiger partial charge on any atom is -0.498 e. The van der Waals surface area contributed by atoms with E-state index in [2.05, 4.69) is 43.1 Å². The quantitative estimate of drug-likeness (QED) is 0.742. The maximum atomic E-state index is 11.6. The average molecular weight is 386 g/mol. The number of methoxy groups -OCH3 is 1. The van der Waals surface area contributed by atoms with Gasteiger partial charge in [-0.2, -0.15) is 0 Å². The lowest BCUT2D eigenvalue weighted by Crippen LogP contribution is -2.23. The van der Waals surface area contributed by atoms with Gasteiger partial charge in [0.1, 0.15) is 11.3 Å². The van der Waals surface area contributed by atoms with E-state index in [1.165, 1.54) is 5.57 Å². The van der Waals surface area contributed by atoms with Crippen molar-refractivity contribution in [3.8, 4) is 0 Å². The van der Waals surface area contributed by atoms with Gasteiger partial charge in [0.2, 0.25) is 0 Å². The Labute approximate surface area is 167 Å². The largest absolute Gasteiger partial charge is 0.498 e. The van der Waals surface area contributed by atoms with Crippen LogP contribution < -0.4 is 5.73 Å². The molecule has 0 aromatic carbocycles. The fourth-order valence-corrected chi connectivity index (χ4v) is 4.15. The first-order valence-corrected chi connectivity index (χ1v) is 10.0. The molecule has 1 aromatic heterocycles. The lowest BCUT2D eigenvalue weighted by Gasteiger charge is -2.21. The van der Waals surface area contributed by atoms with Gasteiger partial charge < -0.3 is 20.1 Å². The molecular weight excluding hydrogens is 354 g/mol. The molecule has 1 amide bonds. The number of nitrogens with zero attached hydrogens (tertiary/aromatic N) is 2. The molecule has 1 aliphatic heterocycles. The van der Waals surface area contributed by atoms with E-state index in [4.69, 9.17) is 15.2 Å². The topological polar surface area (TPSA) is 77.7 Å². The fourth-order valence-electron chi connectivity index (χ4n) is 4.15. The third-order valence-corrected chi connectivity index (χ3v) is 5.82. The Bertz CT molecular complexity index is 781. The predicted octanol–water partition coefficient (Wildman–Crippen LogP) is 3.35. The third-order valence-electron chi connectivity index (χ3n) is 5.82. The molecule has 1 saturated carbocycles. The summed E-state index contributed by atoms with van der Waals surface area (Å²) in [4.78, 5) is 17.9. The zero-order chi connectivity index (χ0) is 20.3. The van der Waals surface area contributed by atoms with E-state index in [0.29, 0.717) is 0 Å². The van der Waals surface area contributed by atoms with Crippen LogP contribution in [0.2, 0.25) is 0 Å². The molecule has 2 N–H and O–H groups in total. The van der Waals surface area contributed by atoms with Crippen molar-refractivity contribution in [1.29, 1.82) is 0 Å². The van der Waals surface area contributed by atoms with Crippen molar-refractivity contribution >= 4 is 5.91 Å². The number of pyridine rings is 1. The van der Waals surface area contributed by atoms with Crippen LogP contribution in [0.3, 0.4) is 0 Å². The van der Waals surface area contributed by atoms with Crippen molar-refractivity contribution in [2.24, 2.45) is 11.7 Å². The lowest BCUT2D eigenvalue weighted by molar-refractivity contribution is 0.0697. The average Bonchev–Trinajstić information content (AvgIpc) is 3.02. The smallest absolute Gasteiger partial charge is 0.267 e. The first-order valence-electron chi connectivity index (χ1n) is 10.0. The number of hydrogen-bond donors (Lipinski definition) is 1. The maximum Gasteiger partial charge on any atom is 0.267 e. The zero-order valence-electron chi connectivity index (χ0n) is 17.3. The van der Waals surface area contributed by atoms with Crippen LogP contribution in [0, 0.1) is 5.92 Å². The van der Waals surface area contributed by atoms with Gasteiger partial charge in [0.25, 0.3) is 5.91 Å². The normalized spacial score (nSPS) is 27.6. The summed E-state index contributed by atoms with van der Waals surface area (Å²) in [6, 6.07) is 3.89. The lowest BCUT2D eigenvalue weighted by atomic mass is 10.0. The molecule has 2 fully saturated rings. The van der Waals surface area contributed by atoms with Gasteiger partial charge in [-0.25, -0.2) is 0 Å². The van der Waals surface area contributed by atoms with E-state index in [-0.39, 0.29) is 17.7 Å². The zero-order valence-corrected chi connectivity index (χ0v) is 17.3. The summed E-state index contributed by atoms with van der Waals surface area (Å²) >= 11 is 0. The second-order valence-electron chi connectivity index (χ2n) is 7.65. The van der Waals surface area contributed by atoms with Crippen LogP contribution in [-0.4, -0.2) is 42.6 Å². The first-order chi connectivity index (χ1) is 13.4. The number of primary amides is 1. The van der Waals surface area contributed by atoms with Crippen LogP contribution in [0.5, 0.6) is 0 Å². The molecule has 2 heterocycles. The minimum atomic E-state index is -0.528. The Hall–Kier alpha value is -2.34. The van der Waals surface area contributed by atoms with Crippen molar-refractivity contribution in [2.75, 3.05) is 20.8 Å². The van der Waals surface area contributed by atoms with E-state index in [0.717, 1.165) is 43.6 Å². The molecule has 0 bridgehead atoms. The molecule has 0 radical (unpaired) electrons. The number of allylic oxidation sites excluding steroid dienone is 1. The van der Waals surface area contributed by atoms with Crippen LogP contribution in [0.15, 0.2) is 41.9 Å². The summed E-state index contributed by atoms with van der Waals surface area (Å²) in [5.74, 6) is 0.827. The van der Waals surface area contributed by atoms with Crippen LogP contribution in [0.25, 0.3) is 0 Å². The standard InChI is InChI=1S/C22H31N3O3/c1-5-7-18-19(14-25(3)15(2)12-17-8-6-11-28-17)22(18,27-4)16-9-10-24-20(13-16)21(23)26/h9-10,12-15,18H,5-8,11H2,1-4H3,(H2,23,26)/b17-12-,19-14+. The minimum absolute atomic E-state index is 0.219. The Balaban J connectivity index is 1.90. The van der Waals surface area contributed by atoms with Crippen LogP contribution in [0.1, 0.15) is 55.6 Å². The number of likely N-dealkylation sites (N-methyl/N-ethyl adjacent to an activating group) is 1. The molecule has 0 spiro atoms. The highest BCUT2D eigenvalue weighted by molar-refractivity contribution is 5.91. The molecule has 1 aliphatic carbocycles. The van der Waals surface area contributed by atoms with Gasteiger partial charge in [-0.15, -0.1) is 0 Å². The predicted molar refractivity (Wildman–Crippen MR) is 108 cm³/mol. The molecule has 3 atom stereocenters. The van der Waals surface area contributed by atoms with Crippen molar-refractivity contribution in [3.05, 3.63) is 53.2 Å². The van der Waals surface area contributed by atoms with Crippen molar-refractivity contribution in [3.63, 3.8) is 0 Å². The van der Waals surface area contributed by atoms with E-state index in [9.17, 15) is 4.79 Å². The molecule has 1 saturated heterocycles. The van der Waals surface area contributed by atoms with E-state index in [1.807, 2.05) is 6.07 Å². The van der Waals surface area contributed by atoms with Gasteiger partial charge in [-0.1, -0.05) is 13.3 Å².